The second kappa shape index (κ2) is 5.91. The minimum atomic E-state index is 0.634. The third-order valence-corrected chi connectivity index (χ3v) is 4.80. The molecule has 3 nitrogen and oxygen atoms in total. The van der Waals surface area contributed by atoms with E-state index in [1.54, 1.807) is 6.33 Å². The molecule has 0 unspecified atom stereocenters. The molecule has 2 aromatic heterocycles. The van der Waals surface area contributed by atoms with Gasteiger partial charge in [0.05, 0.1) is 5.69 Å². The van der Waals surface area contributed by atoms with Gasteiger partial charge in [-0.1, -0.05) is 43.2 Å². The number of benzene rings is 1. The van der Waals surface area contributed by atoms with E-state index in [0.717, 1.165) is 18.5 Å². The van der Waals surface area contributed by atoms with Gasteiger partial charge in [-0.2, -0.15) is 0 Å². The average molecular weight is 291 g/mol. The number of aromatic nitrogens is 3. The fourth-order valence-corrected chi connectivity index (χ4v) is 3.61. The third kappa shape index (κ3) is 2.52. The molecule has 0 radical (unpaired) electrons. The maximum absolute atomic E-state index is 4.55. The van der Waals surface area contributed by atoms with Gasteiger partial charge in [-0.15, -0.1) is 0 Å². The summed E-state index contributed by atoms with van der Waals surface area (Å²) in [5, 5.41) is 1.23. The lowest BCUT2D eigenvalue weighted by Crippen LogP contribution is -2.04. The van der Waals surface area contributed by atoms with Crippen molar-refractivity contribution in [2.45, 2.75) is 44.6 Å². The number of rotatable bonds is 4. The van der Waals surface area contributed by atoms with Gasteiger partial charge >= 0.3 is 0 Å². The Morgan fingerprint density at radius 1 is 0.955 bits per heavy atom. The zero-order chi connectivity index (χ0) is 14.8. The molecule has 1 aromatic carbocycles. The standard InChI is InChI=1S/C19H21N3/c1-2-6-15(7-3-1)10-11-18-17-12-13-22(16-8-4-5-9-16)19(17)21-14-20-18/h1-3,6-7,12-14,16H,4-5,8-11H2. The summed E-state index contributed by atoms with van der Waals surface area (Å²) in [5.74, 6) is 0. The first-order valence-electron chi connectivity index (χ1n) is 8.26. The van der Waals surface area contributed by atoms with E-state index < -0.39 is 0 Å². The summed E-state index contributed by atoms with van der Waals surface area (Å²) in [4.78, 5) is 9.09. The predicted molar refractivity (Wildman–Crippen MR) is 88.9 cm³/mol. The first kappa shape index (κ1) is 13.5. The van der Waals surface area contributed by atoms with Gasteiger partial charge in [0.15, 0.2) is 0 Å². The average Bonchev–Trinajstić information content (AvgIpc) is 3.22. The van der Waals surface area contributed by atoms with Crippen LogP contribution < -0.4 is 0 Å². The summed E-state index contributed by atoms with van der Waals surface area (Å²) >= 11 is 0. The molecule has 0 atom stereocenters. The molecular weight excluding hydrogens is 270 g/mol. The molecule has 0 aliphatic heterocycles. The predicted octanol–water partition coefficient (Wildman–Crippen LogP) is 4.33. The minimum absolute atomic E-state index is 0.634. The Balaban J connectivity index is 1.61. The first-order valence-corrected chi connectivity index (χ1v) is 8.26. The number of fused-ring (bicyclic) bond motifs is 1. The summed E-state index contributed by atoms with van der Waals surface area (Å²) in [7, 11) is 0. The van der Waals surface area contributed by atoms with E-state index in [2.05, 4.69) is 57.1 Å². The summed E-state index contributed by atoms with van der Waals surface area (Å²) in [6, 6.07) is 13.5. The van der Waals surface area contributed by atoms with Gasteiger partial charge in [0.1, 0.15) is 12.0 Å². The van der Waals surface area contributed by atoms with Gasteiger partial charge in [0.25, 0.3) is 0 Å². The van der Waals surface area contributed by atoms with Crippen LogP contribution in [0.4, 0.5) is 0 Å². The van der Waals surface area contributed by atoms with E-state index >= 15 is 0 Å². The van der Waals surface area contributed by atoms with Crippen LogP contribution in [0.2, 0.25) is 0 Å². The molecule has 3 heteroatoms. The van der Waals surface area contributed by atoms with Crippen molar-refractivity contribution in [3.63, 3.8) is 0 Å². The van der Waals surface area contributed by atoms with Gasteiger partial charge in [-0.3, -0.25) is 0 Å². The number of aryl methyl sites for hydroxylation is 2. The number of nitrogens with zero attached hydrogens (tertiary/aromatic N) is 3. The highest BCUT2D eigenvalue weighted by molar-refractivity contribution is 5.78. The van der Waals surface area contributed by atoms with E-state index in [-0.39, 0.29) is 0 Å². The van der Waals surface area contributed by atoms with Gasteiger partial charge in [0, 0.05) is 17.6 Å². The lowest BCUT2D eigenvalue weighted by atomic mass is 10.1. The minimum Gasteiger partial charge on any atom is -0.329 e. The first-order chi connectivity index (χ1) is 10.9. The lowest BCUT2D eigenvalue weighted by Gasteiger charge is -2.12. The van der Waals surface area contributed by atoms with Crippen LogP contribution in [0.25, 0.3) is 11.0 Å². The third-order valence-electron chi connectivity index (χ3n) is 4.80. The Morgan fingerprint density at radius 3 is 2.59 bits per heavy atom. The number of hydrogen-bond donors (Lipinski definition) is 0. The van der Waals surface area contributed by atoms with Crippen molar-refractivity contribution >= 4 is 11.0 Å². The molecule has 4 rings (SSSR count). The van der Waals surface area contributed by atoms with Gasteiger partial charge in [-0.05, 0) is 37.3 Å². The Kier molecular flexibility index (Phi) is 3.63. The molecular formula is C19H21N3. The van der Waals surface area contributed by atoms with Crippen molar-refractivity contribution < 1.29 is 0 Å². The van der Waals surface area contributed by atoms with E-state index in [0.29, 0.717) is 6.04 Å². The van der Waals surface area contributed by atoms with E-state index in [1.165, 1.54) is 42.3 Å². The van der Waals surface area contributed by atoms with Crippen LogP contribution in [0.3, 0.4) is 0 Å². The Labute approximate surface area is 131 Å². The highest BCUT2D eigenvalue weighted by atomic mass is 15.1. The molecule has 112 valence electrons. The van der Waals surface area contributed by atoms with E-state index in [1.807, 2.05) is 0 Å². The molecule has 1 aliphatic carbocycles. The summed E-state index contributed by atoms with van der Waals surface area (Å²) in [6.07, 6.45) is 11.2. The van der Waals surface area contributed by atoms with Gasteiger partial charge in [0.2, 0.25) is 0 Å². The summed E-state index contributed by atoms with van der Waals surface area (Å²) in [6.45, 7) is 0. The molecule has 0 spiro atoms. The van der Waals surface area contributed by atoms with Crippen molar-refractivity contribution in [1.82, 2.24) is 14.5 Å². The second-order valence-electron chi connectivity index (χ2n) is 6.20. The maximum Gasteiger partial charge on any atom is 0.143 e. The van der Waals surface area contributed by atoms with Crippen LogP contribution >= 0.6 is 0 Å². The van der Waals surface area contributed by atoms with Crippen LogP contribution in [0, 0.1) is 0 Å². The van der Waals surface area contributed by atoms with Crippen LogP contribution in [-0.2, 0) is 12.8 Å². The molecule has 22 heavy (non-hydrogen) atoms. The summed E-state index contributed by atoms with van der Waals surface area (Å²) < 4.78 is 2.37. The molecule has 0 saturated heterocycles. The van der Waals surface area contributed by atoms with Crippen molar-refractivity contribution in [3.8, 4) is 0 Å². The fourth-order valence-electron chi connectivity index (χ4n) is 3.61. The Bertz CT molecular complexity index is 755. The van der Waals surface area contributed by atoms with Crippen molar-refractivity contribution in [2.75, 3.05) is 0 Å². The highest BCUT2D eigenvalue weighted by Crippen LogP contribution is 2.32. The van der Waals surface area contributed by atoms with Crippen LogP contribution in [-0.4, -0.2) is 14.5 Å². The largest absolute Gasteiger partial charge is 0.329 e. The van der Waals surface area contributed by atoms with Crippen LogP contribution in [0.1, 0.15) is 43.0 Å². The smallest absolute Gasteiger partial charge is 0.143 e. The molecule has 1 aliphatic rings. The fraction of sp³-hybridized carbons (Fsp3) is 0.368. The second-order valence-corrected chi connectivity index (χ2v) is 6.20. The Hall–Kier alpha value is -2.16. The van der Waals surface area contributed by atoms with Gasteiger partial charge < -0.3 is 4.57 Å². The normalized spacial score (nSPS) is 15.6. The zero-order valence-electron chi connectivity index (χ0n) is 12.8. The molecule has 0 N–H and O–H groups in total. The van der Waals surface area contributed by atoms with E-state index in [9.17, 15) is 0 Å². The molecule has 1 saturated carbocycles. The van der Waals surface area contributed by atoms with Crippen molar-refractivity contribution in [1.29, 1.82) is 0 Å². The number of hydrogen-bond acceptors (Lipinski definition) is 2. The molecule has 0 bridgehead atoms. The lowest BCUT2D eigenvalue weighted by molar-refractivity contribution is 0.532. The molecule has 3 aromatic rings. The van der Waals surface area contributed by atoms with Crippen molar-refractivity contribution in [3.05, 3.63) is 60.2 Å². The van der Waals surface area contributed by atoms with Crippen LogP contribution in [0.15, 0.2) is 48.9 Å². The van der Waals surface area contributed by atoms with E-state index in [4.69, 9.17) is 0 Å². The zero-order valence-corrected chi connectivity index (χ0v) is 12.8. The quantitative estimate of drug-likeness (QED) is 0.716. The monoisotopic (exact) mass is 291 g/mol. The Morgan fingerprint density at radius 2 is 1.77 bits per heavy atom. The topological polar surface area (TPSA) is 30.7 Å². The highest BCUT2D eigenvalue weighted by Gasteiger charge is 2.19. The van der Waals surface area contributed by atoms with Crippen LogP contribution in [0.5, 0.6) is 0 Å². The van der Waals surface area contributed by atoms with Crippen molar-refractivity contribution in [2.24, 2.45) is 0 Å². The molecule has 1 fully saturated rings. The van der Waals surface area contributed by atoms with Gasteiger partial charge in [-0.25, -0.2) is 9.97 Å². The molecule has 2 heterocycles. The molecule has 0 amide bonds. The maximum atomic E-state index is 4.55. The SMILES string of the molecule is c1ccc(CCc2ncnc3c2ccn3C2CCCC2)cc1. The summed E-state index contributed by atoms with van der Waals surface area (Å²) in [5.41, 5.74) is 3.65.